The highest BCUT2D eigenvalue weighted by molar-refractivity contribution is 7.14. The second kappa shape index (κ2) is 3.09. The fourth-order valence-corrected chi connectivity index (χ4v) is 2.98. The predicted octanol–water partition coefficient (Wildman–Crippen LogP) is 2.69. The SMILES string of the molecule is CN(C)c1scc2c1CCCC2. The van der Waals surface area contributed by atoms with Crippen LogP contribution < -0.4 is 4.90 Å². The molecule has 0 radical (unpaired) electrons. The van der Waals surface area contributed by atoms with E-state index in [4.69, 9.17) is 0 Å². The van der Waals surface area contributed by atoms with Crippen LogP contribution in [0.15, 0.2) is 5.38 Å². The van der Waals surface area contributed by atoms with Gasteiger partial charge in [-0.3, -0.25) is 0 Å². The molecule has 0 N–H and O–H groups in total. The summed E-state index contributed by atoms with van der Waals surface area (Å²) in [5, 5.41) is 3.81. The van der Waals surface area contributed by atoms with Gasteiger partial charge < -0.3 is 4.90 Å². The van der Waals surface area contributed by atoms with Crippen LogP contribution in [0.5, 0.6) is 0 Å². The molecule has 0 fully saturated rings. The number of hydrogen-bond donors (Lipinski definition) is 0. The predicted molar refractivity (Wildman–Crippen MR) is 55.3 cm³/mol. The van der Waals surface area contributed by atoms with Gasteiger partial charge in [-0.05, 0) is 42.2 Å². The van der Waals surface area contributed by atoms with E-state index in [2.05, 4.69) is 24.4 Å². The quantitative estimate of drug-likeness (QED) is 0.644. The molecular formula is C10H15NS. The molecule has 0 aliphatic heterocycles. The molecule has 0 unspecified atom stereocenters. The minimum Gasteiger partial charge on any atom is -0.369 e. The summed E-state index contributed by atoms with van der Waals surface area (Å²) in [5.74, 6) is 0. The number of nitrogens with zero attached hydrogens (tertiary/aromatic N) is 1. The Kier molecular flexibility index (Phi) is 2.09. The molecule has 0 saturated carbocycles. The highest BCUT2D eigenvalue weighted by Gasteiger charge is 2.15. The first-order valence-corrected chi connectivity index (χ1v) is 5.43. The van der Waals surface area contributed by atoms with E-state index in [0.29, 0.717) is 0 Å². The number of thiophene rings is 1. The molecule has 0 amide bonds. The van der Waals surface area contributed by atoms with Crippen molar-refractivity contribution in [1.29, 1.82) is 0 Å². The van der Waals surface area contributed by atoms with Crippen LogP contribution in [0.2, 0.25) is 0 Å². The Bertz CT molecular complexity index is 275. The molecule has 1 aromatic heterocycles. The maximum absolute atomic E-state index is 2.34. The minimum atomic E-state index is 1.30. The summed E-state index contributed by atoms with van der Waals surface area (Å²) in [6.45, 7) is 0. The lowest BCUT2D eigenvalue weighted by atomic mass is 9.95. The monoisotopic (exact) mass is 181 g/mol. The third kappa shape index (κ3) is 1.24. The highest BCUT2D eigenvalue weighted by Crippen LogP contribution is 2.35. The van der Waals surface area contributed by atoms with Crippen LogP contribution in [0.25, 0.3) is 0 Å². The zero-order chi connectivity index (χ0) is 8.55. The Hall–Kier alpha value is -0.500. The van der Waals surface area contributed by atoms with Gasteiger partial charge in [-0.2, -0.15) is 0 Å². The van der Waals surface area contributed by atoms with E-state index in [1.165, 1.54) is 30.7 Å². The average molecular weight is 181 g/mol. The molecule has 0 aromatic carbocycles. The van der Waals surface area contributed by atoms with Gasteiger partial charge in [0.25, 0.3) is 0 Å². The summed E-state index contributed by atoms with van der Waals surface area (Å²) >= 11 is 1.90. The Balaban J connectivity index is 2.38. The van der Waals surface area contributed by atoms with Crippen molar-refractivity contribution in [3.8, 4) is 0 Å². The van der Waals surface area contributed by atoms with E-state index in [9.17, 15) is 0 Å². The lowest BCUT2D eigenvalue weighted by Crippen LogP contribution is -2.10. The van der Waals surface area contributed by atoms with Crippen molar-refractivity contribution in [1.82, 2.24) is 0 Å². The normalized spacial score (nSPS) is 15.8. The minimum absolute atomic E-state index is 1.30. The lowest BCUT2D eigenvalue weighted by molar-refractivity contribution is 0.689. The Morgan fingerprint density at radius 3 is 2.75 bits per heavy atom. The van der Waals surface area contributed by atoms with Gasteiger partial charge in [-0.25, -0.2) is 0 Å². The number of anilines is 1. The van der Waals surface area contributed by atoms with Crippen LogP contribution in [0.4, 0.5) is 5.00 Å². The Morgan fingerprint density at radius 1 is 1.25 bits per heavy atom. The number of rotatable bonds is 1. The smallest absolute Gasteiger partial charge is 0.0938 e. The molecule has 2 heteroatoms. The third-order valence-electron chi connectivity index (χ3n) is 2.49. The van der Waals surface area contributed by atoms with Gasteiger partial charge in [0.15, 0.2) is 0 Å². The molecule has 1 aromatic rings. The second-order valence-electron chi connectivity index (χ2n) is 3.65. The molecule has 2 rings (SSSR count). The zero-order valence-corrected chi connectivity index (χ0v) is 8.58. The summed E-state index contributed by atoms with van der Waals surface area (Å²) in [6.07, 6.45) is 5.37. The van der Waals surface area contributed by atoms with Crippen molar-refractivity contribution in [2.24, 2.45) is 0 Å². The van der Waals surface area contributed by atoms with E-state index >= 15 is 0 Å². The van der Waals surface area contributed by atoms with E-state index < -0.39 is 0 Å². The molecular weight excluding hydrogens is 166 g/mol. The van der Waals surface area contributed by atoms with E-state index in [1.807, 2.05) is 11.3 Å². The van der Waals surface area contributed by atoms with Crippen LogP contribution in [-0.4, -0.2) is 14.1 Å². The van der Waals surface area contributed by atoms with Gasteiger partial charge in [-0.1, -0.05) is 0 Å². The number of hydrogen-bond acceptors (Lipinski definition) is 2. The van der Waals surface area contributed by atoms with Crippen molar-refractivity contribution in [3.05, 3.63) is 16.5 Å². The summed E-state index contributed by atoms with van der Waals surface area (Å²) < 4.78 is 0. The fraction of sp³-hybridized carbons (Fsp3) is 0.600. The molecule has 0 spiro atoms. The van der Waals surface area contributed by atoms with E-state index in [1.54, 1.807) is 11.1 Å². The first-order valence-electron chi connectivity index (χ1n) is 4.55. The maximum Gasteiger partial charge on any atom is 0.0938 e. The maximum atomic E-state index is 2.34. The van der Waals surface area contributed by atoms with Gasteiger partial charge in [-0.15, -0.1) is 11.3 Å². The van der Waals surface area contributed by atoms with Crippen molar-refractivity contribution >= 4 is 16.3 Å². The average Bonchev–Trinajstić information content (AvgIpc) is 2.47. The summed E-state index contributed by atoms with van der Waals surface area (Å²) in [6, 6.07) is 0. The summed E-state index contributed by atoms with van der Waals surface area (Å²) in [7, 11) is 4.28. The first kappa shape index (κ1) is 8.11. The molecule has 0 saturated heterocycles. The highest BCUT2D eigenvalue weighted by atomic mass is 32.1. The van der Waals surface area contributed by atoms with Crippen LogP contribution in [0.1, 0.15) is 24.0 Å². The third-order valence-corrected chi connectivity index (χ3v) is 3.72. The van der Waals surface area contributed by atoms with Crippen LogP contribution in [0.3, 0.4) is 0 Å². The van der Waals surface area contributed by atoms with Gasteiger partial charge in [0, 0.05) is 14.1 Å². The van der Waals surface area contributed by atoms with Crippen LogP contribution in [-0.2, 0) is 12.8 Å². The summed E-state index contributed by atoms with van der Waals surface area (Å²) in [5.41, 5.74) is 3.23. The molecule has 0 atom stereocenters. The number of aryl methyl sites for hydroxylation is 1. The summed E-state index contributed by atoms with van der Waals surface area (Å²) in [4.78, 5) is 2.24. The van der Waals surface area contributed by atoms with Crippen molar-refractivity contribution in [2.75, 3.05) is 19.0 Å². The van der Waals surface area contributed by atoms with Crippen LogP contribution in [0, 0.1) is 0 Å². The second-order valence-corrected chi connectivity index (χ2v) is 4.50. The molecule has 12 heavy (non-hydrogen) atoms. The van der Waals surface area contributed by atoms with Gasteiger partial charge in [0.2, 0.25) is 0 Å². The first-order chi connectivity index (χ1) is 5.79. The standard InChI is InChI=1S/C10H15NS/c1-11(2)10-9-6-4-3-5-8(9)7-12-10/h7H,3-6H2,1-2H3. The largest absolute Gasteiger partial charge is 0.369 e. The zero-order valence-electron chi connectivity index (χ0n) is 7.76. The number of fused-ring (bicyclic) bond motifs is 1. The topological polar surface area (TPSA) is 3.24 Å². The van der Waals surface area contributed by atoms with Gasteiger partial charge >= 0.3 is 0 Å². The van der Waals surface area contributed by atoms with Crippen molar-refractivity contribution in [2.45, 2.75) is 25.7 Å². The Labute approximate surface area is 78.0 Å². The molecule has 66 valence electrons. The van der Waals surface area contributed by atoms with Gasteiger partial charge in [0.1, 0.15) is 0 Å². The molecule has 1 aliphatic carbocycles. The lowest BCUT2D eigenvalue weighted by Gasteiger charge is -2.17. The van der Waals surface area contributed by atoms with Crippen LogP contribution >= 0.6 is 11.3 Å². The van der Waals surface area contributed by atoms with E-state index in [-0.39, 0.29) is 0 Å². The van der Waals surface area contributed by atoms with Gasteiger partial charge in [0.05, 0.1) is 5.00 Å². The molecule has 1 heterocycles. The van der Waals surface area contributed by atoms with Crippen molar-refractivity contribution < 1.29 is 0 Å². The van der Waals surface area contributed by atoms with E-state index in [0.717, 1.165) is 0 Å². The molecule has 1 nitrogen and oxygen atoms in total. The molecule has 1 aliphatic rings. The van der Waals surface area contributed by atoms with Crippen molar-refractivity contribution in [3.63, 3.8) is 0 Å². The fourth-order valence-electron chi connectivity index (χ4n) is 1.88. The molecule has 0 bridgehead atoms. The Morgan fingerprint density at radius 2 is 2.00 bits per heavy atom.